The van der Waals surface area contributed by atoms with E-state index in [-0.39, 0.29) is 5.82 Å². The van der Waals surface area contributed by atoms with Crippen LogP contribution in [0.4, 0.5) is 4.39 Å². The molecule has 0 aliphatic heterocycles. The maximum Gasteiger partial charge on any atom is 0.152 e. The second kappa shape index (κ2) is 9.23. The van der Waals surface area contributed by atoms with Crippen molar-refractivity contribution in [1.82, 2.24) is 0 Å². The van der Waals surface area contributed by atoms with Crippen LogP contribution in [0.3, 0.4) is 0 Å². The Kier molecular flexibility index (Phi) is 6.25. The molecule has 0 amide bonds. The molecule has 0 spiro atoms. The highest BCUT2D eigenvalue weighted by atomic mass is 19.1. The van der Waals surface area contributed by atoms with Gasteiger partial charge in [-0.15, -0.1) is 0 Å². The van der Waals surface area contributed by atoms with Crippen molar-refractivity contribution >= 4 is 0 Å². The highest BCUT2D eigenvalue weighted by Gasteiger charge is 2.04. The largest absolute Gasteiger partial charge is 0.206 e. The molecule has 0 aliphatic carbocycles. The van der Waals surface area contributed by atoms with Gasteiger partial charge in [-0.05, 0) is 59.5 Å². The van der Waals surface area contributed by atoms with Crippen LogP contribution in [0.5, 0.6) is 0 Å². The maximum absolute atomic E-state index is 14.5. The van der Waals surface area contributed by atoms with Crippen LogP contribution in [0, 0.1) is 40.8 Å². The summed E-state index contributed by atoms with van der Waals surface area (Å²) >= 11 is 0. The van der Waals surface area contributed by atoms with Crippen LogP contribution in [0.2, 0.25) is 0 Å². The van der Waals surface area contributed by atoms with E-state index in [1.807, 2.05) is 18.2 Å². The van der Waals surface area contributed by atoms with E-state index in [2.05, 4.69) is 42.7 Å². The molecule has 0 aliphatic rings. The Bertz CT molecular complexity index is 1130. The molecule has 0 aromatic heterocycles. The average molecular weight is 363 g/mol. The van der Waals surface area contributed by atoms with E-state index >= 15 is 0 Å². The lowest BCUT2D eigenvalue weighted by atomic mass is 10.0. The Morgan fingerprint density at radius 2 is 1.43 bits per heavy atom. The van der Waals surface area contributed by atoms with Gasteiger partial charge in [-0.1, -0.05) is 61.4 Å². The Hall–Kier alpha value is -3.80. The van der Waals surface area contributed by atoms with Gasteiger partial charge in [0.2, 0.25) is 0 Å². The monoisotopic (exact) mass is 363 g/mol. The van der Waals surface area contributed by atoms with Gasteiger partial charge in [-0.3, -0.25) is 0 Å². The van der Waals surface area contributed by atoms with E-state index in [0.717, 1.165) is 35.1 Å². The molecule has 1 nitrogen and oxygen atoms in total. The molecule has 0 saturated heterocycles. The second-order valence-electron chi connectivity index (χ2n) is 6.33. The fourth-order valence-electron chi connectivity index (χ4n) is 2.83. The van der Waals surface area contributed by atoms with Crippen LogP contribution in [0.15, 0.2) is 66.7 Å². The van der Waals surface area contributed by atoms with Crippen molar-refractivity contribution in [3.63, 3.8) is 0 Å². The van der Waals surface area contributed by atoms with E-state index in [1.165, 1.54) is 11.6 Å². The summed E-state index contributed by atoms with van der Waals surface area (Å²) in [5, 5.41) is 8.46. The van der Waals surface area contributed by atoms with Crippen LogP contribution in [0.25, 0.3) is 11.1 Å². The van der Waals surface area contributed by atoms with Gasteiger partial charge in [-0.2, -0.15) is 5.26 Å². The molecule has 3 rings (SSSR count). The zero-order chi connectivity index (χ0) is 19.8. The van der Waals surface area contributed by atoms with Crippen LogP contribution in [0.1, 0.15) is 35.6 Å². The fourth-order valence-corrected chi connectivity index (χ4v) is 2.83. The summed E-state index contributed by atoms with van der Waals surface area (Å²) in [6.45, 7) is 2.15. The van der Waals surface area contributed by atoms with Crippen molar-refractivity contribution in [1.29, 1.82) is 5.26 Å². The molecule has 0 N–H and O–H groups in total. The van der Waals surface area contributed by atoms with Gasteiger partial charge >= 0.3 is 0 Å². The van der Waals surface area contributed by atoms with Gasteiger partial charge in [0.05, 0.1) is 5.56 Å². The lowest BCUT2D eigenvalue weighted by molar-refractivity contribution is 0.625. The zero-order valence-corrected chi connectivity index (χ0v) is 15.6. The van der Waals surface area contributed by atoms with Gasteiger partial charge in [0.25, 0.3) is 0 Å². The molecule has 0 fully saturated rings. The number of nitrogens with zero attached hydrogens (tertiary/aromatic N) is 1. The van der Waals surface area contributed by atoms with E-state index in [0.29, 0.717) is 5.56 Å². The fraction of sp³-hybridized carbons (Fsp3) is 0.115. The normalized spacial score (nSPS) is 9.46. The van der Waals surface area contributed by atoms with Crippen LogP contribution < -0.4 is 0 Å². The summed E-state index contributed by atoms with van der Waals surface area (Å²) in [6.07, 6.45) is 2.16. The highest BCUT2D eigenvalue weighted by molar-refractivity contribution is 5.65. The summed E-state index contributed by atoms with van der Waals surface area (Å²) < 4.78 is 14.5. The number of hydrogen-bond acceptors (Lipinski definition) is 1. The SMILES string of the molecule is CCCc1ccc(-c2ccc(C#Cc3ccc(C#CC#N)cc3)c(F)c2)cc1. The second-order valence-corrected chi connectivity index (χ2v) is 6.33. The minimum absolute atomic E-state index is 0.334. The van der Waals surface area contributed by atoms with E-state index < -0.39 is 0 Å². The summed E-state index contributed by atoms with van der Waals surface area (Å²) in [5.74, 6) is 10.6. The van der Waals surface area contributed by atoms with Crippen molar-refractivity contribution in [2.45, 2.75) is 19.8 Å². The molecule has 134 valence electrons. The van der Waals surface area contributed by atoms with Crippen molar-refractivity contribution in [3.05, 3.63) is 94.8 Å². The number of rotatable bonds is 3. The number of aryl methyl sites for hydroxylation is 1. The van der Waals surface area contributed by atoms with Gasteiger partial charge in [0, 0.05) is 17.0 Å². The number of halogens is 1. The van der Waals surface area contributed by atoms with Crippen molar-refractivity contribution in [3.8, 4) is 40.9 Å². The van der Waals surface area contributed by atoms with Crippen LogP contribution >= 0.6 is 0 Å². The molecule has 0 bridgehead atoms. The third kappa shape index (κ3) is 4.88. The van der Waals surface area contributed by atoms with E-state index in [1.54, 1.807) is 36.4 Å². The van der Waals surface area contributed by atoms with Crippen LogP contribution in [-0.2, 0) is 6.42 Å². The summed E-state index contributed by atoms with van der Waals surface area (Å²) in [6, 6.07) is 22.3. The zero-order valence-electron chi connectivity index (χ0n) is 15.6. The predicted molar refractivity (Wildman–Crippen MR) is 111 cm³/mol. The Morgan fingerprint density at radius 1 is 0.786 bits per heavy atom. The Labute approximate surface area is 165 Å². The first-order valence-electron chi connectivity index (χ1n) is 9.10. The smallest absolute Gasteiger partial charge is 0.152 e. The molecular weight excluding hydrogens is 345 g/mol. The summed E-state index contributed by atoms with van der Waals surface area (Å²) in [4.78, 5) is 0. The topological polar surface area (TPSA) is 23.8 Å². The summed E-state index contributed by atoms with van der Waals surface area (Å²) in [5.41, 5.74) is 4.99. The number of hydrogen-bond donors (Lipinski definition) is 0. The minimum Gasteiger partial charge on any atom is -0.206 e. The van der Waals surface area contributed by atoms with Gasteiger partial charge in [0.1, 0.15) is 5.82 Å². The lowest BCUT2D eigenvalue weighted by Crippen LogP contribution is -1.88. The number of benzene rings is 3. The van der Waals surface area contributed by atoms with Crippen LogP contribution in [-0.4, -0.2) is 0 Å². The molecule has 0 unspecified atom stereocenters. The molecule has 0 radical (unpaired) electrons. The molecule has 3 aromatic rings. The molecule has 2 heteroatoms. The summed E-state index contributed by atoms with van der Waals surface area (Å²) in [7, 11) is 0. The molecule has 0 saturated carbocycles. The first-order chi connectivity index (χ1) is 13.7. The molecule has 3 aromatic carbocycles. The third-order valence-corrected chi connectivity index (χ3v) is 4.28. The van der Waals surface area contributed by atoms with Crippen molar-refractivity contribution in [2.75, 3.05) is 0 Å². The first-order valence-corrected chi connectivity index (χ1v) is 9.10. The standard InChI is InChI=1S/C26H18FN/c1-2-4-20-10-13-23(14-11-20)25-17-16-24(26(27)19-25)15-12-22-8-6-21(7-9-22)5-3-18-28/h6-11,13-14,16-17,19H,2,4H2,1H3. The molecular formula is C26H18FN. The molecule has 0 atom stereocenters. The first kappa shape index (κ1) is 19.0. The van der Waals surface area contributed by atoms with Crippen molar-refractivity contribution in [2.24, 2.45) is 0 Å². The third-order valence-electron chi connectivity index (χ3n) is 4.28. The van der Waals surface area contributed by atoms with E-state index in [9.17, 15) is 4.39 Å². The average Bonchev–Trinajstić information content (AvgIpc) is 2.73. The number of nitriles is 1. The quantitative estimate of drug-likeness (QED) is 0.546. The van der Waals surface area contributed by atoms with E-state index in [4.69, 9.17) is 5.26 Å². The predicted octanol–water partition coefficient (Wildman–Crippen LogP) is 5.72. The maximum atomic E-state index is 14.5. The molecule has 28 heavy (non-hydrogen) atoms. The van der Waals surface area contributed by atoms with Gasteiger partial charge in [-0.25, -0.2) is 4.39 Å². The van der Waals surface area contributed by atoms with Crippen molar-refractivity contribution < 1.29 is 4.39 Å². The Balaban J connectivity index is 1.78. The lowest BCUT2D eigenvalue weighted by Gasteiger charge is -2.05. The van der Waals surface area contributed by atoms with Gasteiger partial charge < -0.3 is 0 Å². The minimum atomic E-state index is -0.334. The molecule has 0 heterocycles. The Morgan fingerprint density at radius 3 is 2.04 bits per heavy atom. The van der Waals surface area contributed by atoms with Gasteiger partial charge in [0.15, 0.2) is 6.07 Å². The highest BCUT2D eigenvalue weighted by Crippen LogP contribution is 2.22.